The molecule has 4 bridgehead atoms. The number of anilines is 2. The molecule has 0 saturated heterocycles. The molecule has 2 aromatic carbocycles. The van der Waals surface area contributed by atoms with Crippen LogP contribution in [-0.4, -0.2) is 77.6 Å². The molecule has 0 spiro atoms. The molecule has 1 amide bonds. The maximum atomic E-state index is 14.4. The lowest BCUT2D eigenvalue weighted by Gasteiger charge is -2.32. The number of rotatable bonds is 8. The monoisotopic (exact) mass is 685 g/mol. The van der Waals surface area contributed by atoms with Crippen LogP contribution in [0.25, 0.3) is 11.3 Å². The summed E-state index contributed by atoms with van der Waals surface area (Å²) in [7, 11) is -2.16. The maximum absolute atomic E-state index is 14.4. The second-order valence-corrected chi connectivity index (χ2v) is 14.7. The van der Waals surface area contributed by atoms with Crippen molar-refractivity contribution in [3.63, 3.8) is 0 Å². The van der Waals surface area contributed by atoms with Crippen LogP contribution in [0.2, 0.25) is 0 Å². The number of aromatic nitrogens is 4. The topological polar surface area (TPSA) is 140 Å². The summed E-state index contributed by atoms with van der Waals surface area (Å²) >= 11 is 0. The molecule has 1 N–H and O–H groups in total. The third kappa shape index (κ3) is 7.83. The van der Waals surface area contributed by atoms with Crippen molar-refractivity contribution < 1.29 is 22.7 Å². The van der Waals surface area contributed by atoms with Gasteiger partial charge in [-0.25, -0.2) is 23.1 Å². The summed E-state index contributed by atoms with van der Waals surface area (Å²) in [5, 5.41) is 0. The Morgan fingerprint density at radius 2 is 1.76 bits per heavy atom. The van der Waals surface area contributed by atoms with E-state index < -0.39 is 22.0 Å². The fourth-order valence-electron chi connectivity index (χ4n) is 6.41. The Balaban J connectivity index is 1.44. The lowest BCUT2D eigenvalue weighted by Crippen LogP contribution is -2.46. The summed E-state index contributed by atoms with van der Waals surface area (Å²) in [5.74, 6) is 0.345. The first kappa shape index (κ1) is 34.3. The summed E-state index contributed by atoms with van der Waals surface area (Å²) in [4.78, 5) is 36.6. The SMILES string of the molecule is Cc1cccc(C)c1-c1cc2nc(n1)NS(=O)(=O)c1cccc(c1)C(=O)N(Cc1cncc(N(C)C3CCCC3)n1)[C@H](COC(C)C)CO2. The van der Waals surface area contributed by atoms with Gasteiger partial charge in [0.2, 0.25) is 11.8 Å². The first-order valence-corrected chi connectivity index (χ1v) is 18.1. The molecule has 1 aliphatic carbocycles. The van der Waals surface area contributed by atoms with Gasteiger partial charge in [-0.2, -0.15) is 4.98 Å². The lowest BCUT2D eigenvalue weighted by atomic mass is 10.00. The van der Waals surface area contributed by atoms with Gasteiger partial charge < -0.3 is 19.3 Å². The van der Waals surface area contributed by atoms with Crippen LogP contribution in [-0.2, 0) is 21.3 Å². The molecular formula is C36H43N7O5S. The highest BCUT2D eigenvalue weighted by molar-refractivity contribution is 7.92. The van der Waals surface area contributed by atoms with Crippen molar-refractivity contribution in [3.8, 4) is 17.1 Å². The first-order chi connectivity index (χ1) is 23.5. The minimum atomic E-state index is -4.19. The van der Waals surface area contributed by atoms with Gasteiger partial charge in [0.15, 0.2) is 0 Å². The Morgan fingerprint density at radius 3 is 2.49 bits per heavy atom. The van der Waals surface area contributed by atoms with Crippen molar-refractivity contribution in [1.82, 2.24) is 24.8 Å². The van der Waals surface area contributed by atoms with E-state index in [4.69, 9.17) is 14.5 Å². The number of benzene rings is 2. The van der Waals surface area contributed by atoms with Gasteiger partial charge in [-0.3, -0.25) is 9.78 Å². The number of fused-ring (bicyclic) bond motifs is 4. The molecule has 0 unspecified atom stereocenters. The number of nitrogens with one attached hydrogen (secondary N) is 1. The molecule has 1 aliphatic heterocycles. The molecule has 12 nitrogen and oxygen atoms in total. The van der Waals surface area contributed by atoms with Gasteiger partial charge in [-0.1, -0.05) is 37.1 Å². The molecule has 1 saturated carbocycles. The molecule has 6 rings (SSSR count). The van der Waals surface area contributed by atoms with Gasteiger partial charge >= 0.3 is 0 Å². The molecule has 13 heteroatoms. The Morgan fingerprint density at radius 1 is 1.02 bits per heavy atom. The summed E-state index contributed by atoms with van der Waals surface area (Å²) in [5.41, 5.74) is 4.05. The van der Waals surface area contributed by atoms with Crippen LogP contribution in [0.5, 0.6) is 5.88 Å². The quantitative estimate of drug-likeness (QED) is 0.251. The van der Waals surface area contributed by atoms with Crippen molar-refractivity contribution in [2.24, 2.45) is 0 Å². The van der Waals surface area contributed by atoms with Crippen LogP contribution in [0.15, 0.2) is 65.8 Å². The van der Waals surface area contributed by atoms with Gasteiger partial charge in [0, 0.05) is 30.3 Å². The third-order valence-electron chi connectivity index (χ3n) is 9.04. The number of nitrogens with zero attached hydrogens (tertiary/aromatic N) is 6. The minimum Gasteiger partial charge on any atom is -0.475 e. The number of carbonyl (C=O) groups excluding carboxylic acids is 1. The van der Waals surface area contributed by atoms with Gasteiger partial charge in [0.25, 0.3) is 15.9 Å². The van der Waals surface area contributed by atoms with E-state index in [-0.39, 0.29) is 48.1 Å². The van der Waals surface area contributed by atoms with Gasteiger partial charge in [-0.05, 0) is 69.9 Å². The normalized spacial score (nSPS) is 17.9. The summed E-state index contributed by atoms with van der Waals surface area (Å²) in [6, 6.07) is 13.3. The smallest absolute Gasteiger partial charge is 0.264 e. The standard InChI is InChI=1S/C36H43N7O5S/c1-23(2)47-21-29-22-48-33-17-31(34-24(3)10-8-11-25(34)4)39-36(40-33)41-49(45,46)30-15-9-12-26(16-30)35(44)43(29)20-27-18-37-19-32(38-27)42(5)28-13-6-7-14-28/h8-12,15-19,23,28-29H,6-7,13-14,20-22H2,1-5H3,(H,39,40,41)/t29-/m1/s1. The van der Waals surface area contributed by atoms with Crippen molar-refractivity contribution >= 4 is 27.7 Å². The largest absolute Gasteiger partial charge is 0.475 e. The van der Waals surface area contributed by atoms with E-state index in [2.05, 4.69) is 24.6 Å². The van der Waals surface area contributed by atoms with Gasteiger partial charge in [-0.15, -0.1) is 0 Å². The zero-order chi connectivity index (χ0) is 34.7. The average molecular weight is 686 g/mol. The number of hydrogen-bond acceptors (Lipinski definition) is 10. The van der Waals surface area contributed by atoms with Crippen molar-refractivity contribution in [2.75, 3.05) is 29.9 Å². The summed E-state index contributed by atoms with van der Waals surface area (Å²) < 4.78 is 42.3. The highest BCUT2D eigenvalue weighted by atomic mass is 32.2. The van der Waals surface area contributed by atoms with Crippen LogP contribution in [0, 0.1) is 13.8 Å². The zero-order valence-electron chi connectivity index (χ0n) is 28.6. The molecule has 3 heterocycles. The van der Waals surface area contributed by atoms with E-state index in [9.17, 15) is 13.2 Å². The molecule has 0 radical (unpaired) electrons. The third-order valence-corrected chi connectivity index (χ3v) is 10.4. The number of ether oxygens (including phenoxy) is 2. The number of amides is 1. The number of sulfonamides is 1. The van der Waals surface area contributed by atoms with Crippen molar-refractivity contribution in [1.29, 1.82) is 0 Å². The number of hydrogen-bond donors (Lipinski definition) is 1. The van der Waals surface area contributed by atoms with Crippen LogP contribution >= 0.6 is 0 Å². The minimum absolute atomic E-state index is 0.00262. The number of aryl methyl sites for hydroxylation is 2. The Labute approximate surface area is 288 Å². The fraction of sp³-hybridized carbons (Fsp3) is 0.417. The molecule has 2 aliphatic rings. The van der Waals surface area contributed by atoms with Crippen LogP contribution in [0.1, 0.15) is 66.7 Å². The molecular weight excluding hydrogens is 643 g/mol. The van der Waals surface area contributed by atoms with Crippen LogP contribution in [0.3, 0.4) is 0 Å². The highest BCUT2D eigenvalue weighted by Crippen LogP contribution is 2.31. The fourth-order valence-corrected chi connectivity index (χ4v) is 7.40. The van der Waals surface area contributed by atoms with Crippen LogP contribution < -0.4 is 14.4 Å². The van der Waals surface area contributed by atoms with E-state index in [0.29, 0.717) is 17.4 Å². The lowest BCUT2D eigenvalue weighted by molar-refractivity contribution is 0.00630. The van der Waals surface area contributed by atoms with Crippen molar-refractivity contribution in [2.45, 2.75) is 83.0 Å². The molecule has 4 aromatic rings. The molecule has 1 atom stereocenters. The Kier molecular flexibility index (Phi) is 10.1. The summed E-state index contributed by atoms with van der Waals surface area (Å²) in [6.45, 7) is 8.02. The molecule has 1 fully saturated rings. The predicted molar refractivity (Wildman–Crippen MR) is 187 cm³/mol. The van der Waals surface area contributed by atoms with Crippen LogP contribution in [0.4, 0.5) is 11.8 Å². The molecule has 49 heavy (non-hydrogen) atoms. The maximum Gasteiger partial charge on any atom is 0.264 e. The Bertz CT molecular complexity index is 1910. The second kappa shape index (κ2) is 14.5. The van der Waals surface area contributed by atoms with Gasteiger partial charge in [0.1, 0.15) is 12.4 Å². The summed E-state index contributed by atoms with van der Waals surface area (Å²) in [6.07, 6.45) is 7.85. The average Bonchev–Trinajstić information content (AvgIpc) is 3.62. The van der Waals surface area contributed by atoms with E-state index in [1.54, 1.807) is 35.5 Å². The number of carbonyl (C=O) groups is 1. The highest BCUT2D eigenvalue weighted by Gasteiger charge is 2.30. The van der Waals surface area contributed by atoms with Gasteiger partial charge in [0.05, 0.1) is 54.0 Å². The first-order valence-electron chi connectivity index (χ1n) is 16.7. The van der Waals surface area contributed by atoms with E-state index in [0.717, 1.165) is 35.3 Å². The Hall–Kier alpha value is -4.62. The second-order valence-electron chi connectivity index (χ2n) is 13.0. The van der Waals surface area contributed by atoms with E-state index >= 15 is 0 Å². The molecule has 2 aromatic heterocycles. The van der Waals surface area contributed by atoms with E-state index in [1.807, 2.05) is 52.9 Å². The van der Waals surface area contributed by atoms with Crippen molar-refractivity contribution in [3.05, 3.63) is 83.3 Å². The van der Waals surface area contributed by atoms with E-state index in [1.165, 1.54) is 25.0 Å². The molecule has 258 valence electrons. The predicted octanol–water partition coefficient (Wildman–Crippen LogP) is 5.56. The zero-order valence-corrected chi connectivity index (χ0v) is 29.4.